The fourth-order valence-electron chi connectivity index (χ4n) is 1.02. The van der Waals surface area contributed by atoms with Crippen molar-refractivity contribution in [1.29, 1.82) is 5.26 Å². The first-order valence-electron chi connectivity index (χ1n) is 4.24. The molecule has 3 nitrogen and oxygen atoms in total. The highest BCUT2D eigenvalue weighted by atomic mass is 19.4. The van der Waals surface area contributed by atoms with E-state index in [0.29, 0.717) is 0 Å². The fraction of sp³-hybridized carbons (Fsp3) is 0.300. The van der Waals surface area contributed by atoms with Crippen LogP contribution in [0.1, 0.15) is 5.56 Å². The van der Waals surface area contributed by atoms with Gasteiger partial charge in [-0.3, -0.25) is 0 Å². The summed E-state index contributed by atoms with van der Waals surface area (Å²) >= 11 is 0. The smallest absolute Gasteiger partial charge is 0.422 e. The van der Waals surface area contributed by atoms with Crippen molar-refractivity contribution in [3.05, 3.63) is 23.8 Å². The molecule has 16 heavy (non-hydrogen) atoms. The summed E-state index contributed by atoms with van der Waals surface area (Å²) in [5.74, 6) is 0.0575. The van der Waals surface area contributed by atoms with Crippen LogP contribution in [0.15, 0.2) is 18.2 Å². The van der Waals surface area contributed by atoms with Gasteiger partial charge < -0.3 is 9.47 Å². The Kier molecular flexibility index (Phi) is 3.61. The highest BCUT2D eigenvalue weighted by Gasteiger charge is 2.28. The molecule has 1 aromatic carbocycles. The van der Waals surface area contributed by atoms with Crippen LogP contribution >= 0.6 is 0 Å². The van der Waals surface area contributed by atoms with E-state index < -0.39 is 12.8 Å². The number of hydrogen-bond acceptors (Lipinski definition) is 3. The monoisotopic (exact) mass is 231 g/mol. The average Bonchev–Trinajstić information content (AvgIpc) is 2.25. The second-order valence-electron chi connectivity index (χ2n) is 2.88. The summed E-state index contributed by atoms with van der Waals surface area (Å²) < 4.78 is 45.1. The lowest BCUT2D eigenvalue weighted by molar-refractivity contribution is -0.153. The van der Waals surface area contributed by atoms with Crippen molar-refractivity contribution in [2.75, 3.05) is 13.7 Å². The van der Waals surface area contributed by atoms with Crippen molar-refractivity contribution in [3.63, 3.8) is 0 Å². The molecule has 0 aliphatic rings. The van der Waals surface area contributed by atoms with E-state index in [-0.39, 0.29) is 17.1 Å². The Morgan fingerprint density at radius 2 is 2.00 bits per heavy atom. The molecule has 0 spiro atoms. The van der Waals surface area contributed by atoms with Crippen molar-refractivity contribution >= 4 is 0 Å². The Morgan fingerprint density at radius 3 is 2.50 bits per heavy atom. The third kappa shape index (κ3) is 3.35. The van der Waals surface area contributed by atoms with Crippen molar-refractivity contribution in [2.45, 2.75) is 6.18 Å². The van der Waals surface area contributed by atoms with Crippen molar-refractivity contribution in [2.24, 2.45) is 0 Å². The molecule has 0 aliphatic heterocycles. The van der Waals surface area contributed by atoms with Crippen LogP contribution in [0.4, 0.5) is 13.2 Å². The quantitative estimate of drug-likeness (QED) is 0.802. The normalized spacial score (nSPS) is 10.7. The van der Waals surface area contributed by atoms with E-state index in [1.807, 2.05) is 6.07 Å². The summed E-state index contributed by atoms with van der Waals surface area (Å²) in [7, 11) is 1.29. The minimum absolute atomic E-state index is 0.0428. The molecule has 0 bridgehead atoms. The van der Waals surface area contributed by atoms with Crippen LogP contribution in [-0.2, 0) is 0 Å². The van der Waals surface area contributed by atoms with Crippen molar-refractivity contribution in [1.82, 2.24) is 0 Å². The first-order valence-corrected chi connectivity index (χ1v) is 4.24. The van der Waals surface area contributed by atoms with Crippen LogP contribution in [0.2, 0.25) is 0 Å². The summed E-state index contributed by atoms with van der Waals surface area (Å²) in [5.41, 5.74) is 0.288. The zero-order chi connectivity index (χ0) is 12.2. The fourth-order valence-corrected chi connectivity index (χ4v) is 1.02. The largest absolute Gasteiger partial charge is 0.493 e. The van der Waals surface area contributed by atoms with Crippen LogP contribution in [-0.4, -0.2) is 19.9 Å². The van der Waals surface area contributed by atoms with Gasteiger partial charge in [0.1, 0.15) is 0 Å². The third-order valence-electron chi connectivity index (χ3n) is 1.68. The molecule has 0 heterocycles. The van der Waals surface area contributed by atoms with Gasteiger partial charge in [-0.1, -0.05) is 0 Å². The molecule has 0 radical (unpaired) electrons. The lowest BCUT2D eigenvalue weighted by Crippen LogP contribution is -2.19. The van der Waals surface area contributed by atoms with Gasteiger partial charge in [-0.2, -0.15) is 18.4 Å². The van der Waals surface area contributed by atoms with Crippen LogP contribution in [0.25, 0.3) is 0 Å². The van der Waals surface area contributed by atoms with Gasteiger partial charge in [-0.05, 0) is 12.1 Å². The van der Waals surface area contributed by atoms with Gasteiger partial charge >= 0.3 is 6.18 Å². The zero-order valence-electron chi connectivity index (χ0n) is 8.34. The minimum Gasteiger partial charge on any atom is -0.493 e. The minimum atomic E-state index is -4.40. The number of hydrogen-bond donors (Lipinski definition) is 0. The van der Waals surface area contributed by atoms with Crippen LogP contribution in [0, 0.1) is 11.3 Å². The number of benzene rings is 1. The average molecular weight is 231 g/mol. The summed E-state index contributed by atoms with van der Waals surface area (Å²) in [5, 5.41) is 8.58. The molecule has 0 fully saturated rings. The van der Waals surface area contributed by atoms with Gasteiger partial charge in [0.05, 0.1) is 18.7 Å². The molecule has 0 N–H and O–H groups in total. The Balaban J connectivity index is 2.85. The maximum absolute atomic E-state index is 11.9. The second-order valence-corrected chi connectivity index (χ2v) is 2.88. The number of halogens is 3. The predicted molar refractivity (Wildman–Crippen MR) is 49.3 cm³/mol. The highest BCUT2D eigenvalue weighted by molar-refractivity contribution is 5.46. The summed E-state index contributed by atoms with van der Waals surface area (Å²) in [6.07, 6.45) is -4.40. The number of ether oxygens (including phenoxy) is 2. The molecular formula is C10H8F3NO2. The van der Waals surface area contributed by atoms with Gasteiger partial charge in [0.25, 0.3) is 0 Å². The predicted octanol–water partition coefficient (Wildman–Crippen LogP) is 2.51. The van der Waals surface area contributed by atoms with E-state index in [2.05, 4.69) is 4.74 Å². The molecule has 1 rings (SSSR count). The first kappa shape index (κ1) is 12.2. The summed E-state index contributed by atoms with van der Waals surface area (Å²) in [4.78, 5) is 0. The Hall–Kier alpha value is -1.90. The van der Waals surface area contributed by atoms with Gasteiger partial charge in [0.2, 0.25) is 0 Å². The van der Waals surface area contributed by atoms with Crippen molar-refractivity contribution < 1.29 is 22.6 Å². The summed E-state index contributed by atoms with van der Waals surface area (Å²) in [6, 6.07) is 5.78. The number of alkyl halides is 3. The van der Waals surface area contributed by atoms with Gasteiger partial charge in [0.15, 0.2) is 18.1 Å². The molecule has 1 aromatic rings. The van der Waals surface area contributed by atoms with E-state index in [1.54, 1.807) is 0 Å². The Labute approximate surface area is 90.0 Å². The highest BCUT2D eigenvalue weighted by Crippen LogP contribution is 2.29. The number of nitriles is 1. The maximum atomic E-state index is 11.9. The van der Waals surface area contributed by atoms with E-state index >= 15 is 0 Å². The molecule has 0 saturated carbocycles. The number of methoxy groups -OCH3 is 1. The molecule has 0 saturated heterocycles. The molecule has 0 unspecified atom stereocenters. The Bertz CT molecular complexity index is 410. The first-order chi connectivity index (χ1) is 7.46. The van der Waals surface area contributed by atoms with Gasteiger partial charge in [-0.15, -0.1) is 0 Å². The lowest BCUT2D eigenvalue weighted by Gasteiger charge is -2.12. The van der Waals surface area contributed by atoms with Crippen LogP contribution < -0.4 is 9.47 Å². The molecule has 0 aromatic heterocycles. The lowest BCUT2D eigenvalue weighted by atomic mass is 10.2. The molecule has 0 aliphatic carbocycles. The van der Waals surface area contributed by atoms with E-state index in [4.69, 9.17) is 10.00 Å². The van der Waals surface area contributed by atoms with E-state index in [9.17, 15) is 13.2 Å². The Morgan fingerprint density at radius 1 is 1.31 bits per heavy atom. The van der Waals surface area contributed by atoms with Crippen LogP contribution in [0.3, 0.4) is 0 Å². The standard InChI is InChI=1S/C10H8F3NO2/c1-15-9-4-7(5-14)2-3-8(9)16-6-10(11,12)13/h2-4H,6H2,1H3. The van der Waals surface area contributed by atoms with Crippen molar-refractivity contribution in [3.8, 4) is 17.6 Å². The SMILES string of the molecule is COc1cc(C#N)ccc1OCC(F)(F)F. The van der Waals surface area contributed by atoms with Crippen LogP contribution in [0.5, 0.6) is 11.5 Å². The molecular weight excluding hydrogens is 223 g/mol. The maximum Gasteiger partial charge on any atom is 0.422 e. The third-order valence-corrected chi connectivity index (χ3v) is 1.68. The van der Waals surface area contributed by atoms with E-state index in [0.717, 1.165) is 0 Å². The topological polar surface area (TPSA) is 42.2 Å². The second kappa shape index (κ2) is 4.75. The summed E-state index contributed by atoms with van der Waals surface area (Å²) in [6.45, 7) is -1.39. The van der Waals surface area contributed by atoms with Gasteiger partial charge in [-0.25, -0.2) is 0 Å². The molecule has 86 valence electrons. The number of rotatable bonds is 3. The number of nitrogens with zero attached hydrogens (tertiary/aromatic N) is 1. The molecule has 0 atom stereocenters. The van der Waals surface area contributed by atoms with E-state index in [1.165, 1.54) is 25.3 Å². The molecule has 6 heteroatoms. The van der Waals surface area contributed by atoms with Gasteiger partial charge in [0, 0.05) is 6.07 Å². The zero-order valence-corrected chi connectivity index (χ0v) is 8.34. The molecule has 0 amide bonds.